The van der Waals surface area contributed by atoms with Gasteiger partial charge in [-0.15, -0.1) is 0 Å². The van der Waals surface area contributed by atoms with Crippen molar-refractivity contribution in [3.05, 3.63) is 34.6 Å². The lowest BCUT2D eigenvalue weighted by molar-refractivity contribution is 0.0597. The summed E-state index contributed by atoms with van der Waals surface area (Å²) < 4.78 is 14.2. The molecule has 0 radical (unpaired) electrons. The minimum Gasteiger partial charge on any atom is -0.314 e. The molecule has 0 aromatic heterocycles. The molecule has 0 saturated carbocycles. The molecule has 0 amide bonds. The summed E-state index contributed by atoms with van der Waals surface area (Å²) in [5.74, 6) is -0.537. The lowest BCUT2D eigenvalue weighted by Crippen LogP contribution is -2.57. The number of nitrogens with zero attached hydrogens (tertiary/aromatic N) is 1. The molecular formula is C16H23FN2O. The average molecular weight is 278 g/mol. The number of halogens is 1. The topological polar surface area (TPSA) is 32.3 Å². The summed E-state index contributed by atoms with van der Waals surface area (Å²) in [6, 6.07) is 3.30. The lowest BCUT2D eigenvalue weighted by atomic mass is 9.87. The van der Waals surface area contributed by atoms with E-state index in [4.69, 9.17) is 0 Å². The van der Waals surface area contributed by atoms with Gasteiger partial charge in [-0.2, -0.15) is 0 Å². The van der Waals surface area contributed by atoms with E-state index >= 15 is 0 Å². The van der Waals surface area contributed by atoms with E-state index in [0.29, 0.717) is 0 Å². The molecule has 2 rings (SSSR count). The molecule has 1 saturated heterocycles. The van der Waals surface area contributed by atoms with Crippen molar-refractivity contribution in [3.63, 3.8) is 0 Å². The third kappa shape index (κ3) is 2.76. The smallest absolute Gasteiger partial charge is 0.185 e. The standard InChI is InChI=1S/C16H23FN2O/c1-11-9-12(2)14(13(17)10-11)15(20)16(3,4)19-7-5-18-6-8-19/h9-10,18H,5-8H2,1-4H3. The van der Waals surface area contributed by atoms with E-state index in [2.05, 4.69) is 10.2 Å². The van der Waals surface area contributed by atoms with E-state index in [9.17, 15) is 9.18 Å². The molecule has 1 N–H and O–H groups in total. The largest absolute Gasteiger partial charge is 0.314 e. The van der Waals surface area contributed by atoms with Gasteiger partial charge < -0.3 is 5.32 Å². The van der Waals surface area contributed by atoms with Gasteiger partial charge in [0.15, 0.2) is 5.78 Å². The van der Waals surface area contributed by atoms with Crippen LogP contribution in [-0.2, 0) is 0 Å². The predicted octanol–water partition coefficient (Wildman–Crippen LogP) is 2.31. The summed E-state index contributed by atoms with van der Waals surface area (Å²) >= 11 is 0. The summed E-state index contributed by atoms with van der Waals surface area (Å²) in [4.78, 5) is 14.9. The molecule has 4 heteroatoms. The Hall–Kier alpha value is -1.26. The van der Waals surface area contributed by atoms with E-state index in [1.54, 1.807) is 6.92 Å². The number of carbonyl (C=O) groups excluding carboxylic acids is 1. The second-order valence-corrected chi connectivity index (χ2v) is 6.06. The van der Waals surface area contributed by atoms with Crippen LogP contribution in [0.15, 0.2) is 12.1 Å². The number of ketones is 1. The second kappa shape index (κ2) is 5.62. The first-order valence-corrected chi connectivity index (χ1v) is 7.11. The maximum atomic E-state index is 14.2. The minimum absolute atomic E-state index is 0.130. The molecule has 1 aromatic rings. The van der Waals surface area contributed by atoms with Gasteiger partial charge >= 0.3 is 0 Å². The molecule has 1 fully saturated rings. The number of nitrogens with one attached hydrogen (secondary N) is 1. The van der Waals surface area contributed by atoms with Gasteiger partial charge in [0.2, 0.25) is 0 Å². The van der Waals surface area contributed by atoms with Crippen LogP contribution in [-0.4, -0.2) is 42.4 Å². The van der Waals surface area contributed by atoms with Crippen molar-refractivity contribution < 1.29 is 9.18 Å². The van der Waals surface area contributed by atoms with Crippen LogP contribution >= 0.6 is 0 Å². The molecule has 1 aromatic carbocycles. The Labute approximate surface area is 120 Å². The van der Waals surface area contributed by atoms with Crippen LogP contribution in [0.4, 0.5) is 4.39 Å². The van der Waals surface area contributed by atoms with Crippen LogP contribution < -0.4 is 5.32 Å². The maximum absolute atomic E-state index is 14.2. The van der Waals surface area contributed by atoms with Gasteiger partial charge in [0.05, 0.1) is 11.1 Å². The maximum Gasteiger partial charge on any atom is 0.185 e. The zero-order valence-electron chi connectivity index (χ0n) is 12.7. The fourth-order valence-corrected chi connectivity index (χ4v) is 2.88. The highest BCUT2D eigenvalue weighted by atomic mass is 19.1. The molecule has 0 bridgehead atoms. The number of benzene rings is 1. The zero-order chi connectivity index (χ0) is 14.9. The Morgan fingerprint density at radius 3 is 2.40 bits per heavy atom. The third-order valence-electron chi connectivity index (χ3n) is 4.12. The molecule has 0 spiro atoms. The molecule has 0 aliphatic carbocycles. The molecule has 1 aliphatic rings. The van der Waals surface area contributed by atoms with Crippen LogP contribution in [0, 0.1) is 19.7 Å². The fraction of sp³-hybridized carbons (Fsp3) is 0.562. The quantitative estimate of drug-likeness (QED) is 0.861. The Morgan fingerprint density at radius 2 is 1.85 bits per heavy atom. The van der Waals surface area contributed by atoms with Gasteiger partial charge in [-0.05, 0) is 44.9 Å². The number of rotatable bonds is 3. The van der Waals surface area contributed by atoms with E-state index in [-0.39, 0.29) is 11.3 Å². The summed E-state index contributed by atoms with van der Waals surface area (Å²) in [5, 5.41) is 3.27. The highest BCUT2D eigenvalue weighted by Crippen LogP contribution is 2.25. The Bertz CT molecular complexity index is 496. The summed E-state index contributed by atoms with van der Waals surface area (Å²) in [7, 11) is 0. The summed E-state index contributed by atoms with van der Waals surface area (Å²) in [5.41, 5.74) is 1.12. The van der Waals surface area contributed by atoms with E-state index in [1.807, 2.05) is 26.8 Å². The van der Waals surface area contributed by atoms with Gasteiger partial charge in [0.25, 0.3) is 0 Å². The SMILES string of the molecule is Cc1cc(C)c(C(=O)C(C)(C)N2CCNCC2)c(F)c1. The van der Waals surface area contributed by atoms with Crippen LogP contribution in [0.3, 0.4) is 0 Å². The molecule has 20 heavy (non-hydrogen) atoms. The number of Topliss-reactive ketones (excluding diaryl/α,β-unsaturated/α-hetero) is 1. The van der Waals surface area contributed by atoms with Crippen molar-refractivity contribution in [2.75, 3.05) is 26.2 Å². The third-order valence-corrected chi connectivity index (χ3v) is 4.12. The van der Waals surface area contributed by atoms with E-state index in [0.717, 1.165) is 37.3 Å². The fourth-order valence-electron chi connectivity index (χ4n) is 2.88. The minimum atomic E-state index is -0.678. The number of piperazine rings is 1. The number of carbonyl (C=O) groups is 1. The van der Waals surface area contributed by atoms with Crippen molar-refractivity contribution in [2.45, 2.75) is 33.2 Å². The molecule has 1 heterocycles. The van der Waals surface area contributed by atoms with Crippen LogP contribution in [0.5, 0.6) is 0 Å². The van der Waals surface area contributed by atoms with Crippen molar-refractivity contribution in [1.82, 2.24) is 10.2 Å². The normalized spacial score (nSPS) is 17.2. The molecule has 1 aliphatic heterocycles. The molecule has 0 atom stereocenters. The van der Waals surface area contributed by atoms with Crippen LogP contribution in [0.2, 0.25) is 0 Å². The van der Waals surface area contributed by atoms with E-state index in [1.165, 1.54) is 6.07 Å². The lowest BCUT2D eigenvalue weighted by Gasteiger charge is -2.40. The average Bonchev–Trinajstić information content (AvgIpc) is 2.38. The van der Waals surface area contributed by atoms with E-state index < -0.39 is 11.4 Å². The number of hydrogen-bond donors (Lipinski definition) is 1. The zero-order valence-corrected chi connectivity index (χ0v) is 12.7. The van der Waals surface area contributed by atoms with Crippen molar-refractivity contribution in [3.8, 4) is 0 Å². The van der Waals surface area contributed by atoms with Gasteiger partial charge in [-0.25, -0.2) is 4.39 Å². The molecule has 110 valence electrons. The number of hydrogen-bond acceptors (Lipinski definition) is 3. The highest BCUT2D eigenvalue weighted by Gasteiger charge is 2.37. The number of aryl methyl sites for hydroxylation is 2. The van der Waals surface area contributed by atoms with Gasteiger partial charge in [0, 0.05) is 26.2 Å². The second-order valence-electron chi connectivity index (χ2n) is 6.06. The summed E-state index contributed by atoms with van der Waals surface area (Å²) in [6.07, 6.45) is 0. The molecule has 0 unspecified atom stereocenters. The monoisotopic (exact) mass is 278 g/mol. The molecular weight excluding hydrogens is 255 g/mol. The highest BCUT2D eigenvalue weighted by molar-refractivity contribution is 6.04. The van der Waals surface area contributed by atoms with Crippen molar-refractivity contribution in [2.24, 2.45) is 0 Å². The predicted molar refractivity (Wildman–Crippen MR) is 78.7 cm³/mol. The van der Waals surface area contributed by atoms with Gasteiger partial charge in [-0.1, -0.05) is 6.07 Å². The molecule has 3 nitrogen and oxygen atoms in total. The van der Waals surface area contributed by atoms with Crippen LogP contribution in [0.1, 0.15) is 35.3 Å². The van der Waals surface area contributed by atoms with Gasteiger partial charge in [0.1, 0.15) is 5.82 Å². The Morgan fingerprint density at radius 1 is 1.25 bits per heavy atom. The first kappa shape index (κ1) is 15.1. The summed E-state index contributed by atoms with van der Waals surface area (Å²) in [6.45, 7) is 10.8. The van der Waals surface area contributed by atoms with Crippen molar-refractivity contribution in [1.29, 1.82) is 0 Å². The first-order chi connectivity index (χ1) is 9.34. The Kier molecular flexibility index (Phi) is 4.25. The Balaban J connectivity index is 2.34. The van der Waals surface area contributed by atoms with Crippen molar-refractivity contribution >= 4 is 5.78 Å². The van der Waals surface area contributed by atoms with Gasteiger partial charge in [-0.3, -0.25) is 9.69 Å². The van der Waals surface area contributed by atoms with Crippen LogP contribution in [0.25, 0.3) is 0 Å². The first-order valence-electron chi connectivity index (χ1n) is 7.11.